The molecule has 0 unspecified atom stereocenters. The summed E-state index contributed by atoms with van der Waals surface area (Å²) in [6, 6.07) is 7.40. The van der Waals surface area contributed by atoms with E-state index < -0.39 is 17.5 Å². The summed E-state index contributed by atoms with van der Waals surface area (Å²) in [5.74, 6) is -1.27. The molecule has 0 heterocycles. The molecule has 2 aromatic carbocycles. The summed E-state index contributed by atoms with van der Waals surface area (Å²) >= 11 is 1.30. The van der Waals surface area contributed by atoms with E-state index in [1.807, 2.05) is 0 Å². The molecular weight excluding hydrogens is 259 g/mol. The third kappa shape index (κ3) is 3.20. The van der Waals surface area contributed by atoms with Crippen molar-refractivity contribution in [3.63, 3.8) is 0 Å². The highest BCUT2D eigenvalue weighted by atomic mass is 32.2. The van der Waals surface area contributed by atoms with Gasteiger partial charge in [-0.15, -0.1) is 11.8 Å². The van der Waals surface area contributed by atoms with Gasteiger partial charge in [-0.25, -0.2) is 13.2 Å². The third-order valence-corrected chi connectivity index (χ3v) is 3.45. The molecule has 2 N–H and O–H groups in total. The Morgan fingerprint density at radius 3 is 2.17 bits per heavy atom. The molecule has 5 heteroatoms. The zero-order valence-electron chi connectivity index (χ0n) is 9.29. The van der Waals surface area contributed by atoms with E-state index in [4.69, 9.17) is 5.73 Å². The Morgan fingerprint density at radius 2 is 1.56 bits per heavy atom. The van der Waals surface area contributed by atoms with Crippen LogP contribution in [0.1, 0.15) is 5.56 Å². The number of hydrogen-bond acceptors (Lipinski definition) is 2. The third-order valence-electron chi connectivity index (χ3n) is 2.29. The average molecular weight is 269 g/mol. The maximum atomic E-state index is 13.0. The van der Waals surface area contributed by atoms with Crippen LogP contribution < -0.4 is 5.73 Å². The number of anilines is 1. The molecule has 0 atom stereocenters. The molecular formula is C13H10F3NS. The first-order chi connectivity index (χ1) is 8.54. The van der Waals surface area contributed by atoms with Gasteiger partial charge in [-0.3, -0.25) is 0 Å². The molecule has 1 nitrogen and oxygen atoms in total. The molecule has 0 saturated carbocycles. The summed E-state index contributed by atoms with van der Waals surface area (Å²) in [7, 11) is 0. The lowest BCUT2D eigenvalue weighted by Crippen LogP contribution is -1.91. The van der Waals surface area contributed by atoms with Crippen molar-refractivity contribution < 1.29 is 13.2 Å². The number of thioether (sulfide) groups is 1. The molecule has 0 aliphatic heterocycles. The number of nitrogens with two attached hydrogens (primary N) is 1. The van der Waals surface area contributed by atoms with Gasteiger partial charge < -0.3 is 5.73 Å². The van der Waals surface area contributed by atoms with E-state index in [0.29, 0.717) is 21.9 Å². The number of hydrogen-bond donors (Lipinski definition) is 1. The minimum Gasteiger partial charge on any atom is -0.398 e. The van der Waals surface area contributed by atoms with Crippen molar-refractivity contribution in [1.82, 2.24) is 0 Å². The monoisotopic (exact) mass is 269 g/mol. The van der Waals surface area contributed by atoms with Crippen molar-refractivity contribution in [1.29, 1.82) is 0 Å². The lowest BCUT2D eigenvalue weighted by molar-refractivity contribution is 0.581. The Kier molecular flexibility index (Phi) is 3.81. The van der Waals surface area contributed by atoms with E-state index in [0.717, 1.165) is 6.07 Å². The van der Waals surface area contributed by atoms with Crippen molar-refractivity contribution in [3.8, 4) is 0 Å². The normalized spacial score (nSPS) is 10.6. The predicted molar refractivity (Wildman–Crippen MR) is 66.7 cm³/mol. The molecule has 0 amide bonds. The van der Waals surface area contributed by atoms with E-state index in [9.17, 15) is 13.2 Å². The van der Waals surface area contributed by atoms with Gasteiger partial charge in [0.2, 0.25) is 0 Å². The van der Waals surface area contributed by atoms with Gasteiger partial charge >= 0.3 is 0 Å². The van der Waals surface area contributed by atoms with Crippen molar-refractivity contribution >= 4 is 17.4 Å². The molecule has 94 valence electrons. The summed E-state index contributed by atoms with van der Waals surface area (Å²) in [5, 5.41) is 0. The van der Waals surface area contributed by atoms with E-state index in [1.165, 1.54) is 36.0 Å². The summed E-state index contributed by atoms with van der Waals surface area (Å²) in [4.78, 5) is 0.682. The quantitative estimate of drug-likeness (QED) is 0.673. The SMILES string of the molecule is Nc1cc(F)ccc1SCc1cc(F)cc(F)c1. The Bertz CT molecular complexity index is 552. The van der Waals surface area contributed by atoms with E-state index >= 15 is 0 Å². The number of halogens is 3. The molecule has 2 rings (SSSR count). The second-order valence-electron chi connectivity index (χ2n) is 3.75. The van der Waals surface area contributed by atoms with Crippen LogP contribution in [-0.2, 0) is 5.75 Å². The van der Waals surface area contributed by atoms with Crippen molar-refractivity contribution in [3.05, 3.63) is 59.4 Å². The molecule has 18 heavy (non-hydrogen) atoms. The van der Waals surface area contributed by atoms with Crippen LogP contribution in [-0.4, -0.2) is 0 Å². The zero-order valence-corrected chi connectivity index (χ0v) is 10.1. The maximum Gasteiger partial charge on any atom is 0.126 e. The summed E-state index contributed by atoms with van der Waals surface area (Å²) in [6.07, 6.45) is 0. The second-order valence-corrected chi connectivity index (χ2v) is 4.77. The van der Waals surface area contributed by atoms with Gasteiger partial charge in [-0.2, -0.15) is 0 Å². The Morgan fingerprint density at radius 1 is 0.889 bits per heavy atom. The maximum absolute atomic E-state index is 13.0. The summed E-state index contributed by atoms with van der Waals surface area (Å²) in [6.45, 7) is 0. The standard InChI is InChI=1S/C13H10F3NS/c14-9-1-2-13(12(17)6-9)18-7-8-3-10(15)5-11(16)4-8/h1-6H,7,17H2. The molecule has 0 saturated heterocycles. The lowest BCUT2D eigenvalue weighted by atomic mass is 10.2. The van der Waals surface area contributed by atoms with Gasteiger partial charge in [-0.1, -0.05) is 0 Å². The number of nitrogen functional groups attached to an aromatic ring is 1. The molecule has 0 fully saturated rings. The van der Waals surface area contributed by atoms with Crippen LogP contribution in [0.25, 0.3) is 0 Å². The van der Waals surface area contributed by atoms with Crippen LogP contribution in [0.15, 0.2) is 41.3 Å². The Hall–Kier alpha value is -1.62. The first-order valence-corrected chi connectivity index (χ1v) is 6.16. The van der Waals surface area contributed by atoms with Gasteiger partial charge in [0.25, 0.3) is 0 Å². The van der Waals surface area contributed by atoms with Gasteiger partial charge in [0.15, 0.2) is 0 Å². The molecule has 0 aliphatic carbocycles. The second kappa shape index (κ2) is 5.35. The molecule has 2 aromatic rings. The Labute approximate surface area is 107 Å². The van der Waals surface area contributed by atoms with E-state index in [-0.39, 0.29) is 0 Å². The first kappa shape index (κ1) is 12.8. The molecule has 0 radical (unpaired) electrons. The molecule has 0 aliphatic rings. The highest BCUT2D eigenvalue weighted by Gasteiger charge is 2.04. The largest absolute Gasteiger partial charge is 0.398 e. The van der Waals surface area contributed by atoms with Crippen LogP contribution in [0.3, 0.4) is 0 Å². The van der Waals surface area contributed by atoms with Crippen LogP contribution in [0.4, 0.5) is 18.9 Å². The predicted octanol–water partition coefficient (Wildman–Crippen LogP) is 3.98. The van der Waals surface area contributed by atoms with Crippen LogP contribution in [0, 0.1) is 17.5 Å². The Balaban J connectivity index is 2.11. The summed E-state index contributed by atoms with van der Waals surface area (Å²) < 4.78 is 38.8. The molecule has 0 bridgehead atoms. The minimum atomic E-state index is -0.613. The fourth-order valence-corrected chi connectivity index (χ4v) is 2.38. The van der Waals surface area contributed by atoms with Gasteiger partial charge in [0, 0.05) is 22.4 Å². The van der Waals surface area contributed by atoms with Crippen LogP contribution in [0.2, 0.25) is 0 Å². The van der Waals surface area contributed by atoms with Crippen molar-refractivity contribution in [2.24, 2.45) is 0 Å². The van der Waals surface area contributed by atoms with Gasteiger partial charge in [0.05, 0.1) is 0 Å². The molecule has 0 aromatic heterocycles. The van der Waals surface area contributed by atoms with Crippen molar-refractivity contribution in [2.75, 3.05) is 5.73 Å². The van der Waals surface area contributed by atoms with E-state index in [2.05, 4.69) is 0 Å². The van der Waals surface area contributed by atoms with Crippen LogP contribution in [0.5, 0.6) is 0 Å². The number of benzene rings is 2. The van der Waals surface area contributed by atoms with Crippen molar-refractivity contribution in [2.45, 2.75) is 10.6 Å². The van der Waals surface area contributed by atoms with Gasteiger partial charge in [0.1, 0.15) is 17.5 Å². The topological polar surface area (TPSA) is 26.0 Å². The van der Waals surface area contributed by atoms with Crippen LogP contribution >= 0.6 is 11.8 Å². The lowest BCUT2D eigenvalue weighted by Gasteiger charge is -2.06. The first-order valence-electron chi connectivity index (χ1n) is 5.17. The zero-order chi connectivity index (χ0) is 13.1. The highest BCUT2D eigenvalue weighted by molar-refractivity contribution is 7.98. The summed E-state index contributed by atoms with van der Waals surface area (Å²) in [5.41, 5.74) is 6.47. The molecule has 0 spiro atoms. The minimum absolute atomic E-state index is 0.317. The fraction of sp³-hybridized carbons (Fsp3) is 0.0769. The highest BCUT2D eigenvalue weighted by Crippen LogP contribution is 2.28. The number of rotatable bonds is 3. The fourth-order valence-electron chi connectivity index (χ4n) is 1.51. The van der Waals surface area contributed by atoms with E-state index in [1.54, 1.807) is 6.07 Å². The average Bonchev–Trinajstić information content (AvgIpc) is 2.26. The smallest absolute Gasteiger partial charge is 0.126 e. The van der Waals surface area contributed by atoms with Gasteiger partial charge in [-0.05, 0) is 35.9 Å².